The lowest BCUT2D eigenvalue weighted by atomic mass is 10.1. The molecule has 1 aromatic rings. The third-order valence-corrected chi connectivity index (χ3v) is 3.78. The predicted molar refractivity (Wildman–Crippen MR) is 79.8 cm³/mol. The van der Waals surface area contributed by atoms with Crippen LogP contribution in [0, 0.1) is 5.92 Å². The van der Waals surface area contributed by atoms with Crippen molar-refractivity contribution < 1.29 is 9.53 Å². The number of para-hydroxylation sites is 2. The van der Waals surface area contributed by atoms with Crippen molar-refractivity contribution in [3.05, 3.63) is 24.3 Å². The van der Waals surface area contributed by atoms with Gasteiger partial charge in [-0.05, 0) is 18.1 Å². The van der Waals surface area contributed by atoms with Gasteiger partial charge >= 0.3 is 0 Å². The monoisotopic (exact) mass is 277 g/mol. The van der Waals surface area contributed by atoms with Crippen LogP contribution in [0.3, 0.4) is 0 Å². The zero-order chi connectivity index (χ0) is 14.5. The number of nitrogens with zero attached hydrogens (tertiary/aromatic N) is 1. The van der Waals surface area contributed by atoms with Crippen LogP contribution in [0.1, 0.15) is 13.3 Å². The summed E-state index contributed by atoms with van der Waals surface area (Å²) in [4.78, 5) is 14.2. The molecule has 20 heavy (non-hydrogen) atoms. The average Bonchev–Trinajstić information content (AvgIpc) is 2.76. The fourth-order valence-corrected chi connectivity index (χ4v) is 2.50. The summed E-state index contributed by atoms with van der Waals surface area (Å²) in [7, 11) is 1.60. The van der Waals surface area contributed by atoms with Crippen molar-refractivity contribution in [2.45, 2.75) is 19.4 Å². The number of nitrogens with one attached hydrogen (secondary N) is 1. The lowest BCUT2D eigenvalue weighted by Crippen LogP contribution is -2.30. The molecule has 0 aromatic heterocycles. The Balaban J connectivity index is 1.81. The van der Waals surface area contributed by atoms with Crippen LogP contribution in [0.4, 0.5) is 5.69 Å². The average molecular weight is 277 g/mol. The highest BCUT2D eigenvalue weighted by atomic mass is 16.5. The van der Waals surface area contributed by atoms with Crippen molar-refractivity contribution >= 4 is 11.6 Å². The summed E-state index contributed by atoms with van der Waals surface area (Å²) in [5.74, 6) is 1.19. The number of hydrogen-bond acceptors (Lipinski definition) is 4. The van der Waals surface area contributed by atoms with Gasteiger partial charge in [-0.3, -0.25) is 4.79 Å². The largest absolute Gasteiger partial charge is 0.495 e. The molecule has 0 radical (unpaired) electrons. The maximum atomic E-state index is 12.0. The first-order valence-corrected chi connectivity index (χ1v) is 7.01. The number of ether oxygens (including phenoxy) is 1. The Bertz CT molecular complexity index is 454. The van der Waals surface area contributed by atoms with E-state index in [2.05, 4.69) is 17.1 Å². The van der Waals surface area contributed by atoms with Crippen LogP contribution < -0.4 is 15.8 Å². The SMILES string of the molecule is COc1ccccc1NC(=O)CCN1CC(C)C(N)C1. The van der Waals surface area contributed by atoms with Gasteiger partial charge in [-0.1, -0.05) is 19.1 Å². The highest BCUT2D eigenvalue weighted by Gasteiger charge is 2.26. The maximum Gasteiger partial charge on any atom is 0.225 e. The highest BCUT2D eigenvalue weighted by molar-refractivity contribution is 5.92. The van der Waals surface area contributed by atoms with Crippen LogP contribution in [0.5, 0.6) is 5.75 Å². The number of nitrogens with two attached hydrogens (primary N) is 1. The number of carbonyl (C=O) groups excluding carboxylic acids is 1. The summed E-state index contributed by atoms with van der Waals surface area (Å²) in [6, 6.07) is 7.65. The van der Waals surface area contributed by atoms with E-state index in [1.54, 1.807) is 7.11 Å². The molecule has 0 saturated carbocycles. The molecule has 2 rings (SSSR count). The fourth-order valence-electron chi connectivity index (χ4n) is 2.50. The molecule has 1 saturated heterocycles. The normalized spacial score (nSPS) is 22.8. The molecule has 0 aliphatic carbocycles. The molecule has 110 valence electrons. The minimum absolute atomic E-state index is 0.00243. The van der Waals surface area contributed by atoms with Crippen molar-refractivity contribution in [1.82, 2.24) is 4.90 Å². The predicted octanol–water partition coefficient (Wildman–Crippen LogP) is 1.30. The van der Waals surface area contributed by atoms with Gasteiger partial charge in [-0.25, -0.2) is 0 Å². The van der Waals surface area contributed by atoms with Crippen LogP contribution in [0.25, 0.3) is 0 Å². The second-order valence-electron chi connectivity index (χ2n) is 5.40. The standard InChI is InChI=1S/C15H23N3O2/c1-11-9-18(10-12(11)16)8-7-15(19)17-13-5-3-4-6-14(13)20-2/h3-6,11-12H,7-10,16H2,1-2H3,(H,17,19). The Labute approximate surface area is 120 Å². The third kappa shape index (κ3) is 3.71. The van der Waals surface area contributed by atoms with Crippen LogP contribution in [-0.2, 0) is 4.79 Å². The zero-order valence-electron chi connectivity index (χ0n) is 12.1. The minimum Gasteiger partial charge on any atom is -0.495 e. The van der Waals surface area contributed by atoms with Crippen molar-refractivity contribution in [2.24, 2.45) is 11.7 Å². The fraction of sp³-hybridized carbons (Fsp3) is 0.533. The van der Waals surface area contributed by atoms with Gasteiger partial charge in [0.1, 0.15) is 5.75 Å². The summed E-state index contributed by atoms with van der Waals surface area (Å²) in [6.07, 6.45) is 0.470. The molecule has 1 fully saturated rings. The van der Waals surface area contributed by atoms with Crippen molar-refractivity contribution in [2.75, 3.05) is 32.1 Å². The summed E-state index contributed by atoms with van der Waals surface area (Å²) < 4.78 is 5.21. The molecule has 1 heterocycles. The number of amides is 1. The first-order valence-electron chi connectivity index (χ1n) is 7.01. The van der Waals surface area contributed by atoms with E-state index in [0.717, 1.165) is 19.6 Å². The van der Waals surface area contributed by atoms with E-state index in [9.17, 15) is 4.79 Å². The van der Waals surface area contributed by atoms with E-state index in [1.165, 1.54) is 0 Å². The molecule has 1 aliphatic rings. The Morgan fingerprint density at radius 1 is 1.45 bits per heavy atom. The molecule has 0 spiro atoms. The number of rotatable bonds is 5. The third-order valence-electron chi connectivity index (χ3n) is 3.78. The number of carbonyl (C=O) groups is 1. The molecule has 1 aliphatic heterocycles. The van der Waals surface area contributed by atoms with Gasteiger partial charge < -0.3 is 20.7 Å². The number of likely N-dealkylation sites (tertiary alicyclic amines) is 1. The van der Waals surface area contributed by atoms with E-state index in [4.69, 9.17) is 10.5 Å². The van der Waals surface area contributed by atoms with Gasteiger partial charge in [0.25, 0.3) is 0 Å². The first kappa shape index (κ1) is 14.8. The molecule has 2 unspecified atom stereocenters. The molecule has 3 N–H and O–H groups in total. The quantitative estimate of drug-likeness (QED) is 0.851. The molecule has 1 aromatic carbocycles. The number of hydrogen-bond donors (Lipinski definition) is 2. The van der Waals surface area contributed by atoms with Gasteiger partial charge in [-0.15, -0.1) is 0 Å². The smallest absolute Gasteiger partial charge is 0.225 e. The number of methoxy groups -OCH3 is 1. The molecule has 5 heteroatoms. The van der Waals surface area contributed by atoms with Gasteiger partial charge in [0, 0.05) is 32.1 Å². The van der Waals surface area contributed by atoms with Crippen molar-refractivity contribution in [1.29, 1.82) is 0 Å². The molecule has 2 atom stereocenters. The maximum absolute atomic E-state index is 12.0. The van der Waals surface area contributed by atoms with E-state index in [-0.39, 0.29) is 11.9 Å². The lowest BCUT2D eigenvalue weighted by Gasteiger charge is -2.15. The summed E-state index contributed by atoms with van der Waals surface area (Å²) >= 11 is 0. The Morgan fingerprint density at radius 3 is 2.85 bits per heavy atom. The second kappa shape index (κ2) is 6.72. The Hall–Kier alpha value is -1.59. The molecule has 5 nitrogen and oxygen atoms in total. The lowest BCUT2D eigenvalue weighted by molar-refractivity contribution is -0.116. The van der Waals surface area contributed by atoms with Crippen LogP contribution in [0.2, 0.25) is 0 Å². The second-order valence-corrected chi connectivity index (χ2v) is 5.40. The van der Waals surface area contributed by atoms with Crippen LogP contribution >= 0.6 is 0 Å². The minimum atomic E-state index is 0.00243. The van der Waals surface area contributed by atoms with Gasteiger partial charge in [0.15, 0.2) is 0 Å². The Morgan fingerprint density at radius 2 is 2.20 bits per heavy atom. The van der Waals surface area contributed by atoms with E-state index in [1.807, 2.05) is 24.3 Å². The molecule has 0 bridgehead atoms. The van der Waals surface area contributed by atoms with E-state index < -0.39 is 0 Å². The number of anilines is 1. The van der Waals surface area contributed by atoms with Gasteiger partial charge in [-0.2, -0.15) is 0 Å². The molecular weight excluding hydrogens is 254 g/mol. The highest BCUT2D eigenvalue weighted by Crippen LogP contribution is 2.23. The summed E-state index contributed by atoms with van der Waals surface area (Å²) in [6.45, 7) is 4.75. The van der Waals surface area contributed by atoms with Crippen LogP contribution in [-0.4, -0.2) is 43.6 Å². The van der Waals surface area contributed by atoms with Crippen molar-refractivity contribution in [3.8, 4) is 5.75 Å². The Kier molecular flexibility index (Phi) is 4.98. The van der Waals surface area contributed by atoms with Gasteiger partial charge in [0.05, 0.1) is 12.8 Å². The first-order chi connectivity index (χ1) is 9.60. The number of benzene rings is 1. The zero-order valence-corrected chi connectivity index (χ0v) is 12.1. The van der Waals surface area contributed by atoms with E-state index in [0.29, 0.717) is 23.8 Å². The molecular formula is C15H23N3O2. The van der Waals surface area contributed by atoms with E-state index >= 15 is 0 Å². The summed E-state index contributed by atoms with van der Waals surface area (Å²) in [5, 5.41) is 2.89. The van der Waals surface area contributed by atoms with Crippen LogP contribution in [0.15, 0.2) is 24.3 Å². The molecule has 1 amide bonds. The summed E-state index contributed by atoms with van der Waals surface area (Å²) in [5.41, 5.74) is 6.69. The van der Waals surface area contributed by atoms with Gasteiger partial charge in [0.2, 0.25) is 5.91 Å². The topological polar surface area (TPSA) is 67.6 Å². The van der Waals surface area contributed by atoms with Crippen molar-refractivity contribution in [3.63, 3.8) is 0 Å².